The van der Waals surface area contributed by atoms with Gasteiger partial charge in [-0.05, 0) is 35.4 Å². The lowest BCUT2D eigenvalue weighted by atomic mass is 9.78. The van der Waals surface area contributed by atoms with Crippen LogP contribution in [0.15, 0.2) is 48.5 Å². The van der Waals surface area contributed by atoms with Crippen LogP contribution >= 0.6 is 0 Å². The Bertz CT molecular complexity index is 761. The summed E-state index contributed by atoms with van der Waals surface area (Å²) < 4.78 is 36.3. The van der Waals surface area contributed by atoms with Crippen molar-refractivity contribution in [3.8, 4) is 11.5 Å². The molecule has 1 heterocycles. The minimum atomic E-state index is -1.60. The minimum Gasteiger partial charge on any atom is -0.492 e. The molecule has 1 fully saturated rings. The molecule has 0 saturated carbocycles. The number of benzene rings is 2. The average molecular weight is 405 g/mol. The lowest BCUT2D eigenvalue weighted by Crippen LogP contribution is -2.30. The van der Waals surface area contributed by atoms with E-state index in [0.29, 0.717) is 12.4 Å². The summed E-state index contributed by atoms with van der Waals surface area (Å²) in [5.74, 6) is 1.30. The van der Waals surface area contributed by atoms with E-state index in [1.165, 1.54) is 0 Å². The summed E-state index contributed by atoms with van der Waals surface area (Å²) in [6, 6.07) is 15.5. The number of rotatable bonds is 11. The Morgan fingerprint density at radius 2 is 1.41 bits per heavy atom. The molecule has 0 bridgehead atoms. The van der Waals surface area contributed by atoms with Crippen molar-refractivity contribution in [1.29, 1.82) is 0 Å². The molecular formula is C23H29F2NO3. The lowest BCUT2D eigenvalue weighted by molar-refractivity contribution is 0.149. The highest BCUT2D eigenvalue weighted by atomic mass is 19.2. The largest absolute Gasteiger partial charge is 0.492 e. The lowest BCUT2D eigenvalue weighted by Gasteiger charge is -2.26. The fraction of sp³-hybridized carbons (Fsp3) is 0.478. The second kappa shape index (κ2) is 9.55. The number of hydrogen-bond acceptors (Lipinski definition) is 4. The Kier molecular flexibility index (Phi) is 7.09. The summed E-state index contributed by atoms with van der Waals surface area (Å²) in [6.07, 6.45) is -1.60. The molecule has 3 rings (SSSR count). The van der Waals surface area contributed by atoms with Crippen molar-refractivity contribution >= 4 is 0 Å². The van der Waals surface area contributed by atoms with Crippen LogP contribution in [0, 0.1) is 0 Å². The number of aliphatic hydroxyl groups is 1. The second-order valence-electron chi connectivity index (χ2n) is 7.92. The summed E-state index contributed by atoms with van der Waals surface area (Å²) in [5, 5.41) is 9.42. The van der Waals surface area contributed by atoms with Gasteiger partial charge in [0.25, 0.3) is 0 Å². The van der Waals surface area contributed by atoms with Crippen LogP contribution < -0.4 is 9.47 Å². The third kappa shape index (κ3) is 5.67. The number of alkyl halides is 2. The van der Waals surface area contributed by atoms with E-state index >= 15 is 0 Å². The molecule has 1 saturated heterocycles. The van der Waals surface area contributed by atoms with Gasteiger partial charge >= 0.3 is 0 Å². The van der Waals surface area contributed by atoms with Gasteiger partial charge in [0.05, 0.1) is 12.6 Å². The monoisotopic (exact) mass is 405 g/mol. The predicted molar refractivity (Wildman–Crippen MR) is 109 cm³/mol. The standard InChI is InChI=1S/C23H29F2NO3/c1-23(2,17-3-7-21(8-4-17)28-15-19(25)13-24)18-5-9-22(10-6-18)29-16-20(14-27)26-11-12-26/h3-10,19-20,27H,11-16H2,1-2H3. The van der Waals surface area contributed by atoms with Crippen molar-refractivity contribution in [2.75, 3.05) is 39.6 Å². The van der Waals surface area contributed by atoms with E-state index in [1.54, 1.807) is 12.1 Å². The molecule has 0 amide bonds. The fourth-order valence-electron chi connectivity index (χ4n) is 3.22. The second-order valence-corrected chi connectivity index (χ2v) is 7.92. The van der Waals surface area contributed by atoms with Crippen LogP contribution in [0.25, 0.3) is 0 Å². The number of hydrogen-bond donors (Lipinski definition) is 1. The van der Waals surface area contributed by atoms with Crippen LogP contribution in [-0.4, -0.2) is 61.8 Å². The van der Waals surface area contributed by atoms with E-state index in [4.69, 9.17) is 9.47 Å². The highest BCUT2D eigenvalue weighted by molar-refractivity contribution is 5.41. The molecule has 2 aromatic carbocycles. The van der Waals surface area contributed by atoms with Gasteiger partial charge in [0.15, 0.2) is 6.17 Å². The van der Waals surface area contributed by atoms with E-state index in [9.17, 15) is 13.9 Å². The summed E-state index contributed by atoms with van der Waals surface area (Å²) in [5.41, 5.74) is 1.97. The normalized spacial score (nSPS) is 16.3. The zero-order chi connectivity index (χ0) is 20.9. The molecule has 0 radical (unpaired) electrons. The summed E-state index contributed by atoms with van der Waals surface area (Å²) in [4.78, 5) is 2.18. The molecule has 2 atom stereocenters. The molecule has 0 aromatic heterocycles. The highest BCUT2D eigenvalue weighted by Crippen LogP contribution is 2.33. The molecule has 0 spiro atoms. The Morgan fingerprint density at radius 3 is 1.83 bits per heavy atom. The Balaban J connectivity index is 1.60. The van der Waals surface area contributed by atoms with E-state index in [2.05, 4.69) is 18.7 Å². The van der Waals surface area contributed by atoms with Crippen molar-refractivity contribution < 1.29 is 23.4 Å². The first-order valence-corrected chi connectivity index (χ1v) is 9.95. The molecule has 6 heteroatoms. The van der Waals surface area contributed by atoms with Gasteiger partial charge in [0.1, 0.15) is 31.4 Å². The third-order valence-electron chi connectivity index (χ3n) is 5.40. The molecule has 2 unspecified atom stereocenters. The molecule has 2 aromatic rings. The molecule has 29 heavy (non-hydrogen) atoms. The number of ether oxygens (including phenoxy) is 2. The van der Waals surface area contributed by atoms with Crippen molar-refractivity contribution in [1.82, 2.24) is 4.90 Å². The summed E-state index contributed by atoms with van der Waals surface area (Å²) >= 11 is 0. The van der Waals surface area contributed by atoms with Crippen LogP contribution in [0.1, 0.15) is 25.0 Å². The Morgan fingerprint density at radius 1 is 0.931 bits per heavy atom. The first-order valence-electron chi connectivity index (χ1n) is 9.95. The van der Waals surface area contributed by atoms with Gasteiger partial charge in [0.2, 0.25) is 0 Å². The van der Waals surface area contributed by atoms with Crippen LogP contribution in [0.2, 0.25) is 0 Å². The van der Waals surface area contributed by atoms with Gasteiger partial charge in [-0.15, -0.1) is 0 Å². The van der Waals surface area contributed by atoms with Crippen molar-refractivity contribution in [2.24, 2.45) is 0 Å². The average Bonchev–Trinajstić information content (AvgIpc) is 3.58. The third-order valence-corrected chi connectivity index (χ3v) is 5.40. The van der Waals surface area contributed by atoms with Crippen molar-refractivity contribution in [3.05, 3.63) is 59.7 Å². The minimum absolute atomic E-state index is 0.0597. The SMILES string of the molecule is CC(C)(c1ccc(OCC(F)CF)cc1)c1ccc(OCC(CO)N2CC2)cc1. The molecule has 1 aliphatic heterocycles. The number of aliphatic hydroxyl groups excluding tert-OH is 1. The van der Waals surface area contributed by atoms with Gasteiger partial charge in [0, 0.05) is 18.5 Å². The Labute approximate surface area is 171 Å². The molecule has 1 aliphatic rings. The molecule has 1 N–H and O–H groups in total. The van der Waals surface area contributed by atoms with Crippen molar-refractivity contribution in [2.45, 2.75) is 31.5 Å². The highest BCUT2D eigenvalue weighted by Gasteiger charge is 2.27. The topological polar surface area (TPSA) is 41.7 Å². The summed E-state index contributed by atoms with van der Waals surface area (Å²) in [7, 11) is 0. The first-order chi connectivity index (χ1) is 13.9. The molecule has 158 valence electrons. The van der Waals surface area contributed by atoms with Crippen LogP contribution in [0.4, 0.5) is 8.78 Å². The maximum absolute atomic E-state index is 13.0. The van der Waals surface area contributed by atoms with Gasteiger partial charge in [-0.1, -0.05) is 38.1 Å². The van der Waals surface area contributed by atoms with Crippen molar-refractivity contribution in [3.63, 3.8) is 0 Å². The zero-order valence-electron chi connectivity index (χ0n) is 17.0. The van der Waals surface area contributed by atoms with E-state index < -0.39 is 12.8 Å². The van der Waals surface area contributed by atoms with Gasteiger partial charge in [-0.3, -0.25) is 4.90 Å². The zero-order valence-corrected chi connectivity index (χ0v) is 17.0. The van der Waals surface area contributed by atoms with E-state index in [1.807, 2.05) is 36.4 Å². The van der Waals surface area contributed by atoms with Gasteiger partial charge in [-0.2, -0.15) is 0 Å². The van der Waals surface area contributed by atoms with Gasteiger partial charge in [-0.25, -0.2) is 8.78 Å². The van der Waals surface area contributed by atoms with Gasteiger partial charge < -0.3 is 14.6 Å². The van der Waals surface area contributed by atoms with Crippen LogP contribution in [-0.2, 0) is 5.41 Å². The summed E-state index contributed by atoms with van der Waals surface area (Å²) in [6.45, 7) is 5.56. The maximum atomic E-state index is 13.0. The molecular weight excluding hydrogens is 376 g/mol. The van der Waals surface area contributed by atoms with Crippen LogP contribution in [0.3, 0.4) is 0 Å². The predicted octanol–water partition coefficient (Wildman–Crippen LogP) is 3.75. The molecule has 0 aliphatic carbocycles. The molecule has 4 nitrogen and oxygen atoms in total. The van der Waals surface area contributed by atoms with Crippen LogP contribution in [0.5, 0.6) is 11.5 Å². The maximum Gasteiger partial charge on any atom is 0.162 e. The first kappa shape index (κ1) is 21.5. The quantitative estimate of drug-likeness (QED) is 0.578. The number of nitrogens with zero attached hydrogens (tertiary/aromatic N) is 1. The number of halogens is 2. The smallest absolute Gasteiger partial charge is 0.162 e. The van der Waals surface area contributed by atoms with E-state index in [-0.39, 0.29) is 24.7 Å². The fourth-order valence-corrected chi connectivity index (χ4v) is 3.22. The van der Waals surface area contributed by atoms with E-state index in [0.717, 1.165) is 30.0 Å². The Hall–Kier alpha value is -2.18.